The van der Waals surface area contributed by atoms with Gasteiger partial charge >= 0.3 is 0 Å². The number of aromatic hydroxyl groups is 1. The first kappa shape index (κ1) is 11.0. The number of thiophene rings is 1. The van der Waals surface area contributed by atoms with Gasteiger partial charge in [-0.1, -0.05) is 17.7 Å². The molecule has 0 atom stereocenters. The van der Waals surface area contributed by atoms with Crippen molar-refractivity contribution in [1.29, 1.82) is 0 Å². The maximum Gasteiger partial charge on any atom is 0.235 e. The number of hydrogen-bond acceptors (Lipinski definition) is 4. The third-order valence-corrected chi connectivity index (χ3v) is 3.64. The van der Waals surface area contributed by atoms with Gasteiger partial charge in [-0.15, -0.1) is 11.3 Å². The van der Waals surface area contributed by atoms with Gasteiger partial charge in [-0.25, -0.2) is 0 Å². The highest BCUT2D eigenvalue weighted by atomic mass is 32.1. The van der Waals surface area contributed by atoms with Crippen LogP contribution in [0, 0.1) is 6.92 Å². The molecule has 0 radical (unpaired) electrons. The Morgan fingerprint density at radius 3 is 2.83 bits per heavy atom. The second kappa shape index (κ2) is 3.99. The van der Waals surface area contributed by atoms with Crippen LogP contribution >= 0.6 is 11.3 Å². The second-order valence-electron chi connectivity index (χ2n) is 4.09. The third-order valence-electron chi connectivity index (χ3n) is 2.77. The highest BCUT2D eigenvalue weighted by Crippen LogP contribution is 2.32. The van der Waals surface area contributed by atoms with Gasteiger partial charge < -0.3 is 9.52 Å². The van der Waals surface area contributed by atoms with Crippen LogP contribution in [-0.4, -0.2) is 5.11 Å². The van der Waals surface area contributed by atoms with Crippen LogP contribution in [0.4, 0.5) is 0 Å². The molecule has 90 valence electrons. The first-order valence-corrected chi connectivity index (χ1v) is 6.35. The minimum absolute atomic E-state index is 0.242. The van der Waals surface area contributed by atoms with Crippen LogP contribution in [0.3, 0.4) is 0 Å². The average Bonchev–Trinajstić information content (AvgIpc) is 2.88. The summed E-state index contributed by atoms with van der Waals surface area (Å²) in [6.07, 6.45) is 0. The van der Waals surface area contributed by atoms with E-state index in [9.17, 15) is 9.90 Å². The Bertz CT molecular complexity index is 770. The molecular weight excluding hydrogens is 248 g/mol. The zero-order valence-electron chi connectivity index (χ0n) is 9.64. The van der Waals surface area contributed by atoms with E-state index in [0.29, 0.717) is 11.0 Å². The Labute approximate surface area is 107 Å². The molecule has 1 N–H and O–H groups in total. The van der Waals surface area contributed by atoms with E-state index in [1.165, 1.54) is 11.3 Å². The van der Waals surface area contributed by atoms with Crippen LogP contribution in [0.2, 0.25) is 0 Å². The lowest BCUT2D eigenvalue weighted by Crippen LogP contribution is -2.02. The minimum Gasteiger partial charge on any atom is -0.501 e. The fourth-order valence-electron chi connectivity index (χ4n) is 1.87. The molecule has 0 saturated heterocycles. The van der Waals surface area contributed by atoms with Crippen molar-refractivity contribution >= 4 is 22.3 Å². The van der Waals surface area contributed by atoms with Crippen molar-refractivity contribution in [3.63, 3.8) is 0 Å². The summed E-state index contributed by atoms with van der Waals surface area (Å²) in [6, 6.07) is 9.00. The van der Waals surface area contributed by atoms with Crippen LogP contribution in [0.1, 0.15) is 5.56 Å². The molecule has 0 unspecified atom stereocenters. The van der Waals surface area contributed by atoms with Gasteiger partial charge in [0.1, 0.15) is 5.58 Å². The van der Waals surface area contributed by atoms with Gasteiger partial charge in [0, 0.05) is 0 Å². The maximum absolute atomic E-state index is 12.1. The van der Waals surface area contributed by atoms with Crippen LogP contribution in [-0.2, 0) is 0 Å². The molecule has 3 rings (SSSR count). The maximum atomic E-state index is 12.1. The van der Waals surface area contributed by atoms with Crippen LogP contribution < -0.4 is 5.43 Å². The van der Waals surface area contributed by atoms with Crippen molar-refractivity contribution < 1.29 is 9.52 Å². The van der Waals surface area contributed by atoms with Crippen molar-refractivity contribution in [2.24, 2.45) is 0 Å². The number of hydrogen-bond donors (Lipinski definition) is 1. The summed E-state index contributed by atoms with van der Waals surface area (Å²) in [5.74, 6) is -0.0816. The molecule has 4 heteroatoms. The molecule has 1 aromatic carbocycles. The van der Waals surface area contributed by atoms with E-state index >= 15 is 0 Å². The van der Waals surface area contributed by atoms with E-state index in [2.05, 4.69) is 0 Å². The summed E-state index contributed by atoms with van der Waals surface area (Å²) in [6.45, 7) is 1.89. The molecule has 0 fully saturated rings. The molecule has 2 aromatic heterocycles. The van der Waals surface area contributed by atoms with Crippen LogP contribution in [0.5, 0.6) is 5.75 Å². The Kier molecular flexibility index (Phi) is 2.45. The smallest absolute Gasteiger partial charge is 0.235 e. The molecule has 18 heavy (non-hydrogen) atoms. The summed E-state index contributed by atoms with van der Waals surface area (Å²) in [5.41, 5.74) is 1.06. The van der Waals surface area contributed by atoms with Gasteiger partial charge in [0.2, 0.25) is 11.2 Å². The predicted octanol–water partition coefficient (Wildman–Crippen LogP) is 3.54. The highest BCUT2D eigenvalue weighted by Gasteiger charge is 2.15. The van der Waals surface area contributed by atoms with Gasteiger partial charge in [-0.3, -0.25) is 4.79 Å². The SMILES string of the molecule is Cc1ccc2oc(-c3cccs3)c(O)c(=O)c2c1. The Morgan fingerprint density at radius 2 is 2.11 bits per heavy atom. The number of benzene rings is 1. The molecule has 0 spiro atoms. The zero-order chi connectivity index (χ0) is 12.7. The van der Waals surface area contributed by atoms with Crippen molar-refractivity contribution in [1.82, 2.24) is 0 Å². The molecule has 0 amide bonds. The lowest BCUT2D eigenvalue weighted by molar-refractivity contribution is 0.449. The summed E-state index contributed by atoms with van der Waals surface area (Å²) in [7, 11) is 0. The fourth-order valence-corrected chi connectivity index (χ4v) is 2.58. The van der Waals surface area contributed by atoms with E-state index in [0.717, 1.165) is 10.4 Å². The Hall–Kier alpha value is -2.07. The van der Waals surface area contributed by atoms with Gasteiger partial charge in [-0.05, 0) is 30.5 Å². The minimum atomic E-state index is -0.386. The first-order chi connectivity index (χ1) is 8.66. The average molecular weight is 258 g/mol. The lowest BCUT2D eigenvalue weighted by atomic mass is 10.1. The number of rotatable bonds is 1. The molecule has 2 heterocycles. The van der Waals surface area contributed by atoms with Crippen molar-refractivity contribution in [3.8, 4) is 16.4 Å². The molecule has 0 aliphatic carbocycles. The molecular formula is C14H10O3S. The molecule has 0 bridgehead atoms. The topological polar surface area (TPSA) is 50.4 Å². The quantitative estimate of drug-likeness (QED) is 0.726. The Balaban J connectivity index is 2.40. The van der Waals surface area contributed by atoms with Gasteiger partial charge in [0.05, 0.1) is 10.3 Å². The monoisotopic (exact) mass is 258 g/mol. The standard InChI is InChI=1S/C14H10O3S/c1-8-4-5-10-9(7-8)12(15)13(16)14(17-10)11-3-2-6-18-11/h2-7,16H,1H3. The zero-order valence-corrected chi connectivity index (χ0v) is 10.5. The van der Waals surface area contributed by atoms with Gasteiger partial charge in [0.25, 0.3) is 0 Å². The second-order valence-corrected chi connectivity index (χ2v) is 5.03. The molecule has 0 saturated carbocycles. The predicted molar refractivity (Wildman–Crippen MR) is 72.2 cm³/mol. The van der Waals surface area contributed by atoms with E-state index in [-0.39, 0.29) is 16.9 Å². The van der Waals surface area contributed by atoms with Crippen LogP contribution in [0.15, 0.2) is 44.9 Å². The number of aryl methyl sites for hydroxylation is 1. The summed E-state index contributed by atoms with van der Waals surface area (Å²) >= 11 is 1.42. The Morgan fingerprint density at radius 1 is 1.28 bits per heavy atom. The number of fused-ring (bicyclic) bond motifs is 1. The van der Waals surface area contributed by atoms with Crippen LogP contribution in [0.25, 0.3) is 21.6 Å². The highest BCUT2D eigenvalue weighted by molar-refractivity contribution is 7.13. The third kappa shape index (κ3) is 1.62. The van der Waals surface area contributed by atoms with E-state index in [1.807, 2.05) is 30.5 Å². The summed E-state index contributed by atoms with van der Waals surface area (Å²) in [5, 5.41) is 12.2. The van der Waals surface area contributed by atoms with Crippen molar-refractivity contribution in [3.05, 3.63) is 51.5 Å². The summed E-state index contributed by atoms with van der Waals surface area (Å²) in [4.78, 5) is 12.8. The molecule has 3 aromatic rings. The fraction of sp³-hybridized carbons (Fsp3) is 0.0714. The largest absolute Gasteiger partial charge is 0.501 e. The van der Waals surface area contributed by atoms with Crippen molar-refractivity contribution in [2.75, 3.05) is 0 Å². The van der Waals surface area contributed by atoms with Gasteiger partial charge in [0.15, 0.2) is 5.76 Å². The lowest BCUT2D eigenvalue weighted by Gasteiger charge is -2.04. The summed E-state index contributed by atoms with van der Waals surface area (Å²) < 4.78 is 5.63. The van der Waals surface area contributed by atoms with E-state index in [1.54, 1.807) is 12.1 Å². The molecule has 3 nitrogen and oxygen atoms in total. The normalized spacial score (nSPS) is 10.9. The molecule has 0 aliphatic heterocycles. The van der Waals surface area contributed by atoms with Gasteiger partial charge in [-0.2, -0.15) is 0 Å². The van der Waals surface area contributed by atoms with E-state index < -0.39 is 0 Å². The first-order valence-electron chi connectivity index (χ1n) is 5.47. The van der Waals surface area contributed by atoms with E-state index in [4.69, 9.17) is 4.42 Å². The van der Waals surface area contributed by atoms with Crippen molar-refractivity contribution in [2.45, 2.75) is 6.92 Å². The molecule has 0 aliphatic rings.